The Morgan fingerprint density at radius 3 is 3.11 bits per heavy atom. The van der Waals surface area contributed by atoms with Crippen molar-refractivity contribution in [3.63, 3.8) is 0 Å². The van der Waals surface area contributed by atoms with Crippen LogP contribution >= 0.6 is 0 Å². The summed E-state index contributed by atoms with van der Waals surface area (Å²) in [5.41, 5.74) is 1.63. The molecule has 0 saturated heterocycles. The average Bonchev–Trinajstić information content (AvgIpc) is 2.54. The van der Waals surface area contributed by atoms with Gasteiger partial charge >= 0.3 is 5.97 Å². The number of carbonyl (C=O) groups excluding carboxylic acids is 1. The number of aliphatic carboxylic acids is 1. The summed E-state index contributed by atoms with van der Waals surface area (Å²) in [6.07, 6.45) is 0.436. The van der Waals surface area contributed by atoms with Crippen LogP contribution in [0.15, 0.2) is 18.2 Å². The van der Waals surface area contributed by atoms with Gasteiger partial charge in [-0.2, -0.15) is 0 Å². The standard InChI is InChI=1S/C13H16N2O4/c16-12-4-6-19-11-2-1-9(7-10(11)15-12)8-14-5-3-13(17)18/h1-2,7,14H,3-6,8H2,(H,15,16)(H,17,18). The van der Waals surface area contributed by atoms with Crippen molar-refractivity contribution in [2.45, 2.75) is 19.4 Å². The number of carboxylic acid groups (broad SMARTS) is 1. The van der Waals surface area contributed by atoms with Crippen LogP contribution in [-0.2, 0) is 16.1 Å². The fourth-order valence-electron chi connectivity index (χ4n) is 1.81. The molecule has 6 heteroatoms. The molecule has 1 aliphatic heterocycles. The Kier molecular flexibility index (Phi) is 4.35. The molecular weight excluding hydrogens is 248 g/mol. The van der Waals surface area contributed by atoms with E-state index in [2.05, 4.69) is 10.6 Å². The summed E-state index contributed by atoms with van der Waals surface area (Å²) in [6, 6.07) is 5.55. The van der Waals surface area contributed by atoms with E-state index in [1.807, 2.05) is 18.2 Å². The predicted octanol–water partition coefficient (Wildman–Crippen LogP) is 0.972. The van der Waals surface area contributed by atoms with Crippen molar-refractivity contribution < 1.29 is 19.4 Å². The van der Waals surface area contributed by atoms with Gasteiger partial charge in [0.1, 0.15) is 5.75 Å². The van der Waals surface area contributed by atoms with Gasteiger partial charge in [-0.05, 0) is 17.7 Å². The van der Waals surface area contributed by atoms with Crippen LogP contribution in [-0.4, -0.2) is 30.1 Å². The van der Waals surface area contributed by atoms with Crippen LogP contribution in [0.25, 0.3) is 0 Å². The highest BCUT2D eigenvalue weighted by atomic mass is 16.5. The molecule has 6 nitrogen and oxygen atoms in total. The number of carbonyl (C=O) groups is 2. The SMILES string of the molecule is O=C(O)CCNCc1ccc2c(c1)NC(=O)CCO2. The first-order chi connectivity index (χ1) is 9.15. The molecule has 1 amide bonds. The van der Waals surface area contributed by atoms with Crippen molar-refractivity contribution in [1.82, 2.24) is 5.32 Å². The van der Waals surface area contributed by atoms with Gasteiger partial charge in [0.15, 0.2) is 0 Å². The van der Waals surface area contributed by atoms with E-state index < -0.39 is 5.97 Å². The first-order valence-corrected chi connectivity index (χ1v) is 6.13. The van der Waals surface area contributed by atoms with Crippen molar-refractivity contribution in [3.8, 4) is 5.75 Å². The minimum atomic E-state index is -0.824. The number of carboxylic acids is 1. The third-order valence-electron chi connectivity index (χ3n) is 2.75. The number of ether oxygens (including phenoxy) is 1. The molecule has 1 heterocycles. The molecule has 0 saturated carbocycles. The lowest BCUT2D eigenvalue weighted by atomic mass is 10.2. The molecule has 3 N–H and O–H groups in total. The van der Waals surface area contributed by atoms with Gasteiger partial charge in [0.25, 0.3) is 0 Å². The van der Waals surface area contributed by atoms with Gasteiger partial charge in [-0.25, -0.2) is 0 Å². The monoisotopic (exact) mass is 264 g/mol. The maximum atomic E-state index is 11.4. The smallest absolute Gasteiger partial charge is 0.304 e. The van der Waals surface area contributed by atoms with Gasteiger partial charge in [0, 0.05) is 13.1 Å². The number of fused-ring (bicyclic) bond motifs is 1. The summed E-state index contributed by atoms with van der Waals surface area (Å²) < 4.78 is 5.45. The van der Waals surface area contributed by atoms with Gasteiger partial charge in [-0.1, -0.05) is 6.07 Å². The maximum Gasteiger partial charge on any atom is 0.304 e. The number of anilines is 1. The van der Waals surface area contributed by atoms with Gasteiger partial charge in [-0.3, -0.25) is 9.59 Å². The van der Waals surface area contributed by atoms with Crippen LogP contribution in [0.4, 0.5) is 5.69 Å². The van der Waals surface area contributed by atoms with E-state index in [-0.39, 0.29) is 12.3 Å². The van der Waals surface area contributed by atoms with Crippen LogP contribution in [0.3, 0.4) is 0 Å². The Labute approximate surface area is 110 Å². The van der Waals surface area contributed by atoms with E-state index >= 15 is 0 Å². The normalized spacial score (nSPS) is 14.0. The lowest BCUT2D eigenvalue weighted by molar-refractivity contribution is -0.136. The molecule has 102 valence electrons. The summed E-state index contributed by atoms with van der Waals surface area (Å²) in [6.45, 7) is 1.35. The summed E-state index contributed by atoms with van der Waals surface area (Å²) in [7, 11) is 0. The van der Waals surface area contributed by atoms with Crippen LogP contribution in [0.2, 0.25) is 0 Å². The average molecular weight is 264 g/mol. The topological polar surface area (TPSA) is 87.7 Å². The maximum absolute atomic E-state index is 11.4. The van der Waals surface area contributed by atoms with Gasteiger partial charge in [0.05, 0.1) is 25.1 Å². The number of hydrogen-bond acceptors (Lipinski definition) is 4. The van der Waals surface area contributed by atoms with Crippen LogP contribution in [0.1, 0.15) is 18.4 Å². The highest BCUT2D eigenvalue weighted by Gasteiger charge is 2.13. The zero-order valence-electron chi connectivity index (χ0n) is 10.4. The second-order valence-corrected chi connectivity index (χ2v) is 4.30. The quantitative estimate of drug-likeness (QED) is 0.690. The molecule has 0 radical (unpaired) electrons. The minimum absolute atomic E-state index is 0.0604. The molecule has 0 bridgehead atoms. The molecule has 1 aromatic rings. The van der Waals surface area contributed by atoms with Crippen molar-refractivity contribution in [3.05, 3.63) is 23.8 Å². The minimum Gasteiger partial charge on any atom is -0.491 e. The third-order valence-corrected chi connectivity index (χ3v) is 2.75. The number of nitrogens with one attached hydrogen (secondary N) is 2. The molecule has 0 unspecified atom stereocenters. The molecular formula is C13H16N2O4. The van der Waals surface area contributed by atoms with E-state index in [9.17, 15) is 9.59 Å². The lowest BCUT2D eigenvalue weighted by Crippen LogP contribution is -2.17. The van der Waals surface area contributed by atoms with E-state index in [0.717, 1.165) is 5.56 Å². The summed E-state index contributed by atoms with van der Waals surface area (Å²) in [5, 5.41) is 14.3. The molecule has 0 atom stereocenters. The van der Waals surface area contributed by atoms with Crippen molar-refractivity contribution in [1.29, 1.82) is 0 Å². The predicted molar refractivity (Wildman–Crippen MR) is 69.1 cm³/mol. The van der Waals surface area contributed by atoms with Gasteiger partial charge < -0.3 is 20.5 Å². The second-order valence-electron chi connectivity index (χ2n) is 4.30. The van der Waals surface area contributed by atoms with E-state index in [1.165, 1.54) is 0 Å². The van der Waals surface area contributed by atoms with Crippen LogP contribution in [0.5, 0.6) is 5.75 Å². The van der Waals surface area contributed by atoms with Crippen molar-refractivity contribution in [2.75, 3.05) is 18.5 Å². The molecule has 0 fully saturated rings. The second kappa shape index (κ2) is 6.19. The largest absolute Gasteiger partial charge is 0.491 e. The molecule has 19 heavy (non-hydrogen) atoms. The Morgan fingerprint density at radius 1 is 1.47 bits per heavy atom. The Balaban J connectivity index is 1.96. The molecule has 0 aromatic heterocycles. The number of hydrogen-bond donors (Lipinski definition) is 3. The number of amides is 1. The number of rotatable bonds is 5. The lowest BCUT2D eigenvalue weighted by Gasteiger charge is -2.10. The fraction of sp³-hybridized carbons (Fsp3) is 0.385. The summed E-state index contributed by atoms with van der Waals surface area (Å²) >= 11 is 0. The molecule has 1 aromatic carbocycles. The third kappa shape index (κ3) is 3.96. The van der Waals surface area contributed by atoms with Crippen molar-refractivity contribution in [2.24, 2.45) is 0 Å². The Morgan fingerprint density at radius 2 is 2.32 bits per heavy atom. The zero-order valence-corrected chi connectivity index (χ0v) is 10.4. The number of benzene rings is 1. The van der Waals surface area contributed by atoms with Gasteiger partial charge in [-0.15, -0.1) is 0 Å². The van der Waals surface area contributed by atoms with E-state index in [4.69, 9.17) is 9.84 Å². The zero-order chi connectivity index (χ0) is 13.7. The summed E-state index contributed by atoms with van der Waals surface area (Å²) in [5.74, 6) is -0.218. The fourth-order valence-corrected chi connectivity index (χ4v) is 1.81. The van der Waals surface area contributed by atoms with Crippen LogP contribution in [0, 0.1) is 0 Å². The summed E-state index contributed by atoms with van der Waals surface area (Å²) in [4.78, 5) is 21.8. The van der Waals surface area contributed by atoms with E-state index in [0.29, 0.717) is 37.6 Å². The first-order valence-electron chi connectivity index (χ1n) is 6.13. The van der Waals surface area contributed by atoms with E-state index in [1.54, 1.807) is 0 Å². The first kappa shape index (κ1) is 13.4. The molecule has 0 spiro atoms. The highest BCUT2D eigenvalue weighted by molar-refractivity contribution is 5.93. The molecule has 0 aliphatic carbocycles. The van der Waals surface area contributed by atoms with Crippen LogP contribution < -0.4 is 15.4 Å². The molecule has 1 aliphatic rings. The van der Waals surface area contributed by atoms with Gasteiger partial charge in [0.2, 0.25) is 5.91 Å². The molecule has 2 rings (SSSR count). The Hall–Kier alpha value is -2.08. The van der Waals surface area contributed by atoms with Crippen molar-refractivity contribution >= 4 is 17.6 Å². The highest BCUT2D eigenvalue weighted by Crippen LogP contribution is 2.27. The Bertz CT molecular complexity index is 488.